The van der Waals surface area contributed by atoms with Crippen molar-refractivity contribution in [1.82, 2.24) is 4.57 Å². The van der Waals surface area contributed by atoms with Crippen molar-refractivity contribution in [2.75, 3.05) is 0 Å². The Balaban J connectivity index is 0.975. The quantitative estimate of drug-likeness (QED) is 0.159. The van der Waals surface area contributed by atoms with E-state index in [1.54, 1.807) is 0 Å². The maximum atomic E-state index is 2.45. The van der Waals surface area contributed by atoms with Crippen molar-refractivity contribution >= 4 is 54.1 Å². The molecule has 0 saturated heterocycles. The van der Waals surface area contributed by atoms with E-state index >= 15 is 0 Å². The van der Waals surface area contributed by atoms with Gasteiger partial charge in [0.25, 0.3) is 0 Å². The Hall–Kier alpha value is -7.22. The zero-order chi connectivity index (χ0) is 38.5. The van der Waals surface area contributed by atoms with Gasteiger partial charge in [0.15, 0.2) is 0 Å². The van der Waals surface area contributed by atoms with Crippen molar-refractivity contribution in [3.05, 3.63) is 211 Å². The van der Waals surface area contributed by atoms with E-state index in [0.717, 1.165) is 5.69 Å². The van der Waals surface area contributed by atoms with Gasteiger partial charge in [-0.05, 0) is 130 Å². The van der Waals surface area contributed by atoms with Gasteiger partial charge in [-0.1, -0.05) is 172 Å². The summed E-state index contributed by atoms with van der Waals surface area (Å²) in [5.74, 6) is 0. The summed E-state index contributed by atoms with van der Waals surface area (Å²) in [6, 6.07) is 74.5. The third-order valence-corrected chi connectivity index (χ3v) is 13.0. The maximum Gasteiger partial charge on any atom is 0.0547 e. The molecule has 0 atom stereocenters. The second-order valence-electron chi connectivity index (χ2n) is 16.5. The molecule has 0 bridgehead atoms. The number of aromatic nitrogens is 1. The molecule has 12 rings (SSSR count). The van der Waals surface area contributed by atoms with Crippen LogP contribution in [0.25, 0.3) is 104 Å². The molecule has 1 aliphatic carbocycles. The van der Waals surface area contributed by atoms with Crippen LogP contribution in [0.5, 0.6) is 0 Å². The zero-order valence-corrected chi connectivity index (χ0v) is 32.5. The SMILES string of the molecule is CC1(C)c2ccccc2-c2cc(-c3cccc(-n4c5ccccc5c5ccc(-c6cccc(-c7ccc8c9ccccc9c9ccccc9c8c7)c6)cc54)c3)ccc21. The van der Waals surface area contributed by atoms with Crippen LogP contribution < -0.4 is 0 Å². The summed E-state index contributed by atoms with van der Waals surface area (Å²) in [6.07, 6.45) is 0. The van der Waals surface area contributed by atoms with Crippen molar-refractivity contribution in [1.29, 1.82) is 0 Å². The molecule has 0 saturated carbocycles. The predicted octanol–water partition coefficient (Wildman–Crippen LogP) is 15.6. The lowest BCUT2D eigenvalue weighted by atomic mass is 9.82. The summed E-state index contributed by atoms with van der Waals surface area (Å²) >= 11 is 0. The fourth-order valence-corrected chi connectivity index (χ4v) is 10.1. The van der Waals surface area contributed by atoms with Gasteiger partial charge in [0, 0.05) is 21.9 Å². The van der Waals surface area contributed by atoms with Gasteiger partial charge in [-0.25, -0.2) is 0 Å². The van der Waals surface area contributed by atoms with Gasteiger partial charge in [-0.15, -0.1) is 0 Å². The second kappa shape index (κ2) is 12.4. The van der Waals surface area contributed by atoms with Crippen molar-refractivity contribution in [3.8, 4) is 50.2 Å². The van der Waals surface area contributed by atoms with Crippen LogP contribution in [0.4, 0.5) is 0 Å². The van der Waals surface area contributed by atoms with Gasteiger partial charge < -0.3 is 4.57 Å². The Morgan fingerprint density at radius 1 is 0.293 bits per heavy atom. The van der Waals surface area contributed by atoms with Crippen molar-refractivity contribution < 1.29 is 0 Å². The first kappa shape index (κ1) is 33.0. The Bertz CT molecular complexity index is 3450. The number of hydrogen-bond donors (Lipinski definition) is 0. The Kier molecular flexibility index (Phi) is 7.04. The largest absolute Gasteiger partial charge is 0.309 e. The smallest absolute Gasteiger partial charge is 0.0547 e. The molecule has 0 N–H and O–H groups in total. The van der Waals surface area contributed by atoms with E-state index in [0.29, 0.717) is 0 Å². The molecule has 1 aromatic heterocycles. The van der Waals surface area contributed by atoms with Crippen LogP contribution in [0.1, 0.15) is 25.0 Å². The molecule has 0 spiro atoms. The molecule has 1 aliphatic rings. The minimum Gasteiger partial charge on any atom is -0.309 e. The highest BCUT2D eigenvalue weighted by Gasteiger charge is 2.35. The molecule has 10 aromatic carbocycles. The van der Waals surface area contributed by atoms with E-state index in [1.165, 1.54) is 110 Å². The molecule has 272 valence electrons. The van der Waals surface area contributed by atoms with E-state index in [9.17, 15) is 0 Å². The standard InChI is InChI=1S/C57H39N/c1-57(2)53-23-9-7-21-48(53)52-34-40(27-30-54(52)57)38-15-12-16-42(32-38)58-55-24-10-8-22-49(55)50-29-26-41(35-56(50)58)37-14-11-13-36(31-37)39-25-28-47-45-19-4-3-17-43(45)44-18-5-6-20-46(44)51(47)33-39/h3-35H,1-2H3. The summed E-state index contributed by atoms with van der Waals surface area (Å²) in [7, 11) is 0. The van der Waals surface area contributed by atoms with E-state index < -0.39 is 0 Å². The number of rotatable bonds is 4. The third-order valence-electron chi connectivity index (χ3n) is 13.0. The topological polar surface area (TPSA) is 4.93 Å². The number of para-hydroxylation sites is 1. The van der Waals surface area contributed by atoms with Crippen molar-refractivity contribution in [3.63, 3.8) is 0 Å². The average molecular weight is 738 g/mol. The van der Waals surface area contributed by atoms with Crippen LogP contribution in [-0.2, 0) is 5.41 Å². The maximum absolute atomic E-state index is 2.45. The fourth-order valence-electron chi connectivity index (χ4n) is 10.1. The van der Waals surface area contributed by atoms with Gasteiger partial charge >= 0.3 is 0 Å². The molecule has 0 radical (unpaired) electrons. The number of fused-ring (bicyclic) bond motifs is 12. The number of hydrogen-bond acceptors (Lipinski definition) is 0. The minimum absolute atomic E-state index is 0.00774. The lowest BCUT2D eigenvalue weighted by Gasteiger charge is -2.21. The molecular weight excluding hydrogens is 699 g/mol. The lowest BCUT2D eigenvalue weighted by molar-refractivity contribution is 0.660. The molecule has 0 amide bonds. The Morgan fingerprint density at radius 3 is 1.52 bits per heavy atom. The molecule has 0 unspecified atom stereocenters. The molecule has 0 fully saturated rings. The molecule has 1 heteroatoms. The van der Waals surface area contributed by atoms with Crippen LogP contribution in [0.3, 0.4) is 0 Å². The van der Waals surface area contributed by atoms with Crippen LogP contribution >= 0.6 is 0 Å². The molecule has 1 heterocycles. The highest BCUT2D eigenvalue weighted by Crippen LogP contribution is 2.49. The molecule has 58 heavy (non-hydrogen) atoms. The van der Waals surface area contributed by atoms with Gasteiger partial charge in [-0.2, -0.15) is 0 Å². The van der Waals surface area contributed by atoms with Crippen LogP contribution in [0, 0.1) is 0 Å². The second-order valence-corrected chi connectivity index (χ2v) is 16.5. The highest BCUT2D eigenvalue weighted by molar-refractivity contribution is 6.25. The Labute approximate surface area is 338 Å². The first-order valence-electron chi connectivity index (χ1n) is 20.3. The summed E-state index contributed by atoms with van der Waals surface area (Å²) < 4.78 is 2.45. The average Bonchev–Trinajstić information content (AvgIpc) is 3.74. The van der Waals surface area contributed by atoms with Crippen molar-refractivity contribution in [2.24, 2.45) is 0 Å². The fraction of sp³-hybridized carbons (Fsp3) is 0.0526. The number of benzene rings is 10. The first-order chi connectivity index (χ1) is 28.5. The van der Waals surface area contributed by atoms with E-state index in [-0.39, 0.29) is 5.41 Å². The zero-order valence-electron chi connectivity index (χ0n) is 32.5. The normalized spacial score (nSPS) is 13.1. The monoisotopic (exact) mass is 737 g/mol. The lowest BCUT2D eigenvalue weighted by Crippen LogP contribution is -2.14. The Morgan fingerprint density at radius 2 is 0.776 bits per heavy atom. The molecule has 1 nitrogen and oxygen atoms in total. The van der Waals surface area contributed by atoms with Gasteiger partial charge in [0.2, 0.25) is 0 Å². The minimum atomic E-state index is -0.00774. The summed E-state index contributed by atoms with van der Waals surface area (Å²) in [4.78, 5) is 0. The van der Waals surface area contributed by atoms with Gasteiger partial charge in [-0.3, -0.25) is 0 Å². The third kappa shape index (κ3) is 4.83. The summed E-state index contributed by atoms with van der Waals surface area (Å²) in [6.45, 7) is 4.69. The molecule has 0 aliphatic heterocycles. The van der Waals surface area contributed by atoms with E-state index in [4.69, 9.17) is 0 Å². The highest BCUT2D eigenvalue weighted by atomic mass is 15.0. The van der Waals surface area contributed by atoms with Crippen LogP contribution in [0.2, 0.25) is 0 Å². The summed E-state index contributed by atoms with van der Waals surface area (Å²) in [5, 5.41) is 10.3. The molecule has 11 aromatic rings. The molecular formula is C57H39N. The van der Waals surface area contributed by atoms with Crippen LogP contribution in [0.15, 0.2) is 200 Å². The van der Waals surface area contributed by atoms with E-state index in [2.05, 4.69) is 219 Å². The first-order valence-corrected chi connectivity index (χ1v) is 20.3. The van der Waals surface area contributed by atoms with Gasteiger partial charge in [0.05, 0.1) is 11.0 Å². The predicted molar refractivity (Wildman–Crippen MR) is 247 cm³/mol. The number of nitrogens with zero attached hydrogens (tertiary/aromatic N) is 1. The van der Waals surface area contributed by atoms with Gasteiger partial charge in [0.1, 0.15) is 0 Å². The summed E-state index contributed by atoms with van der Waals surface area (Å²) in [5.41, 5.74) is 16.4. The van der Waals surface area contributed by atoms with E-state index in [1.807, 2.05) is 0 Å². The van der Waals surface area contributed by atoms with Crippen LogP contribution in [-0.4, -0.2) is 4.57 Å². The van der Waals surface area contributed by atoms with Crippen molar-refractivity contribution in [2.45, 2.75) is 19.3 Å².